The molecule has 8 heteroatoms. The average molecular weight is 283 g/mol. The molecule has 0 radical (unpaired) electrons. The summed E-state index contributed by atoms with van der Waals surface area (Å²) in [6, 6.07) is 2.01. The number of carbonyl (C=O) groups excluding carboxylic acids is 2. The van der Waals surface area contributed by atoms with Crippen LogP contribution in [0.1, 0.15) is 23.7 Å². The van der Waals surface area contributed by atoms with Crippen LogP contribution in [0, 0.1) is 5.82 Å². The molecule has 0 aromatic heterocycles. The van der Waals surface area contributed by atoms with Crippen molar-refractivity contribution in [1.29, 1.82) is 0 Å². The van der Waals surface area contributed by atoms with Gasteiger partial charge in [0.05, 0.1) is 11.3 Å². The van der Waals surface area contributed by atoms with E-state index in [0.29, 0.717) is 0 Å². The second kappa shape index (κ2) is 6.50. The molecule has 0 saturated carbocycles. The van der Waals surface area contributed by atoms with Gasteiger partial charge in [-0.05, 0) is 19.1 Å². The topological polar surface area (TPSA) is 122 Å². The van der Waals surface area contributed by atoms with E-state index in [2.05, 4.69) is 10.6 Å². The predicted octanol–water partition coefficient (Wildman–Crippen LogP) is 0.909. The molecular weight excluding hydrogens is 269 g/mol. The summed E-state index contributed by atoms with van der Waals surface area (Å²) in [6.45, 7) is 1.53. The third-order valence-corrected chi connectivity index (χ3v) is 2.37. The fourth-order valence-electron chi connectivity index (χ4n) is 1.56. The molecule has 0 aliphatic rings. The number of carboxylic acid groups (broad SMARTS) is 1. The summed E-state index contributed by atoms with van der Waals surface area (Å²) < 4.78 is 13.5. The van der Waals surface area contributed by atoms with Crippen LogP contribution in [0.15, 0.2) is 18.2 Å². The van der Waals surface area contributed by atoms with Crippen LogP contribution in [0.4, 0.5) is 14.9 Å². The minimum atomic E-state index is -1.37. The molecule has 0 aliphatic heterocycles. The standard InChI is InChI=1S/C12H14FN3O4/c1-6(5-9(14)17)15-12(20)16-10-7(11(18)19)3-2-4-8(10)13/h2-4,6H,5H2,1H3,(H2,14,17)(H,18,19)(H2,15,16,20). The van der Waals surface area contributed by atoms with Crippen molar-refractivity contribution in [3.63, 3.8) is 0 Å². The number of carboxylic acids is 1. The highest BCUT2D eigenvalue weighted by Crippen LogP contribution is 2.19. The maximum atomic E-state index is 13.5. The van der Waals surface area contributed by atoms with Gasteiger partial charge < -0.3 is 21.5 Å². The number of para-hydroxylation sites is 1. The van der Waals surface area contributed by atoms with E-state index in [1.54, 1.807) is 0 Å². The van der Waals surface area contributed by atoms with E-state index in [-0.39, 0.29) is 12.0 Å². The van der Waals surface area contributed by atoms with E-state index in [1.165, 1.54) is 13.0 Å². The number of anilines is 1. The van der Waals surface area contributed by atoms with Crippen molar-refractivity contribution in [3.05, 3.63) is 29.6 Å². The van der Waals surface area contributed by atoms with Gasteiger partial charge in [-0.3, -0.25) is 4.79 Å². The Kier molecular flexibility index (Phi) is 5.01. The predicted molar refractivity (Wildman–Crippen MR) is 68.8 cm³/mol. The summed E-state index contributed by atoms with van der Waals surface area (Å²) in [5.41, 5.74) is 4.15. The van der Waals surface area contributed by atoms with Gasteiger partial charge in [0, 0.05) is 12.5 Å². The summed E-state index contributed by atoms with van der Waals surface area (Å²) in [7, 11) is 0. The molecule has 0 saturated heterocycles. The van der Waals surface area contributed by atoms with Gasteiger partial charge in [0.1, 0.15) is 5.82 Å². The number of amides is 3. The van der Waals surface area contributed by atoms with Crippen LogP contribution < -0.4 is 16.4 Å². The molecule has 1 unspecified atom stereocenters. The lowest BCUT2D eigenvalue weighted by Crippen LogP contribution is -2.38. The van der Waals surface area contributed by atoms with Crippen LogP contribution in [0.25, 0.3) is 0 Å². The quantitative estimate of drug-likeness (QED) is 0.641. The maximum Gasteiger partial charge on any atom is 0.337 e. The second-order valence-electron chi connectivity index (χ2n) is 4.14. The van der Waals surface area contributed by atoms with E-state index in [1.807, 2.05) is 0 Å². The summed E-state index contributed by atoms with van der Waals surface area (Å²) >= 11 is 0. The molecule has 1 aromatic rings. The maximum absolute atomic E-state index is 13.5. The van der Waals surface area contributed by atoms with Crippen molar-refractivity contribution >= 4 is 23.6 Å². The molecular formula is C12H14FN3O4. The number of halogens is 1. The van der Waals surface area contributed by atoms with Crippen LogP contribution in [-0.4, -0.2) is 29.1 Å². The number of aromatic carboxylic acids is 1. The van der Waals surface area contributed by atoms with Gasteiger partial charge in [-0.15, -0.1) is 0 Å². The van der Waals surface area contributed by atoms with Crippen molar-refractivity contribution in [3.8, 4) is 0 Å². The Balaban J connectivity index is 2.80. The normalized spacial score (nSPS) is 11.5. The first-order valence-corrected chi connectivity index (χ1v) is 5.69. The summed E-state index contributed by atoms with van der Waals surface area (Å²) in [4.78, 5) is 33.2. The van der Waals surface area contributed by atoms with Crippen molar-refractivity contribution in [2.24, 2.45) is 5.73 Å². The van der Waals surface area contributed by atoms with E-state index in [4.69, 9.17) is 10.8 Å². The molecule has 1 atom stereocenters. The molecule has 0 fully saturated rings. The van der Waals surface area contributed by atoms with Gasteiger partial charge in [0.25, 0.3) is 0 Å². The number of benzene rings is 1. The molecule has 108 valence electrons. The Labute approximate surface area is 114 Å². The fourth-order valence-corrected chi connectivity index (χ4v) is 1.56. The molecule has 5 N–H and O–H groups in total. The molecule has 1 aromatic carbocycles. The molecule has 0 heterocycles. The Morgan fingerprint density at radius 3 is 2.60 bits per heavy atom. The number of carbonyl (C=O) groups is 3. The first kappa shape index (κ1) is 15.4. The molecule has 20 heavy (non-hydrogen) atoms. The highest BCUT2D eigenvalue weighted by molar-refractivity contribution is 6.00. The molecule has 0 spiro atoms. The first-order chi connectivity index (χ1) is 9.31. The zero-order chi connectivity index (χ0) is 15.3. The fraction of sp³-hybridized carbons (Fsp3) is 0.250. The lowest BCUT2D eigenvalue weighted by atomic mass is 10.1. The highest BCUT2D eigenvalue weighted by atomic mass is 19.1. The lowest BCUT2D eigenvalue weighted by Gasteiger charge is -2.14. The van der Waals surface area contributed by atoms with Crippen molar-refractivity contribution < 1.29 is 23.9 Å². The minimum Gasteiger partial charge on any atom is -0.478 e. The third-order valence-electron chi connectivity index (χ3n) is 2.37. The van der Waals surface area contributed by atoms with Gasteiger partial charge >= 0.3 is 12.0 Å². The molecule has 7 nitrogen and oxygen atoms in total. The van der Waals surface area contributed by atoms with Gasteiger partial charge in [-0.25, -0.2) is 14.0 Å². The van der Waals surface area contributed by atoms with E-state index >= 15 is 0 Å². The zero-order valence-electron chi connectivity index (χ0n) is 10.6. The molecule has 0 aliphatic carbocycles. The monoisotopic (exact) mass is 283 g/mol. The van der Waals surface area contributed by atoms with Crippen LogP contribution >= 0.6 is 0 Å². The van der Waals surface area contributed by atoms with Crippen LogP contribution in [0.2, 0.25) is 0 Å². The lowest BCUT2D eigenvalue weighted by molar-refractivity contribution is -0.118. The number of urea groups is 1. The van der Waals surface area contributed by atoms with Crippen molar-refractivity contribution in [1.82, 2.24) is 5.32 Å². The summed E-state index contributed by atoms with van der Waals surface area (Å²) in [5.74, 6) is -2.84. The van der Waals surface area contributed by atoms with E-state index in [9.17, 15) is 18.8 Å². The molecule has 3 amide bonds. The first-order valence-electron chi connectivity index (χ1n) is 5.69. The van der Waals surface area contributed by atoms with E-state index in [0.717, 1.165) is 12.1 Å². The Morgan fingerprint density at radius 1 is 1.40 bits per heavy atom. The van der Waals surface area contributed by atoms with Crippen LogP contribution in [0.3, 0.4) is 0 Å². The summed E-state index contributed by atoms with van der Waals surface area (Å²) in [6.07, 6.45) is -0.0868. The second-order valence-corrected chi connectivity index (χ2v) is 4.14. The zero-order valence-corrected chi connectivity index (χ0v) is 10.6. The Hall–Kier alpha value is -2.64. The smallest absolute Gasteiger partial charge is 0.337 e. The van der Waals surface area contributed by atoms with Gasteiger partial charge in [0.2, 0.25) is 5.91 Å². The minimum absolute atomic E-state index is 0.0868. The number of hydrogen-bond donors (Lipinski definition) is 4. The van der Waals surface area contributed by atoms with Crippen LogP contribution in [0.5, 0.6) is 0 Å². The van der Waals surface area contributed by atoms with Crippen molar-refractivity contribution in [2.45, 2.75) is 19.4 Å². The highest BCUT2D eigenvalue weighted by Gasteiger charge is 2.17. The van der Waals surface area contributed by atoms with Crippen molar-refractivity contribution in [2.75, 3.05) is 5.32 Å². The summed E-state index contributed by atoms with van der Waals surface area (Å²) in [5, 5.41) is 13.4. The van der Waals surface area contributed by atoms with Gasteiger partial charge in [-0.1, -0.05) is 6.07 Å². The molecule has 0 bridgehead atoms. The number of nitrogens with one attached hydrogen (secondary N) is 2. The van der Waals surface area contributed by atoms with Gasteiger partial charge in [-0.2, -0.15) is 0 Å². The average Bonchev–Trinajstić information content (AvgIpc) is 2.29. The molecule has 1 rings (SSSR count). The largest absolute Gasteiger partial charge is 0.478 e. The number of rotatable bonds is 5. The number of nitrogens with two attached hydrogens (primary N) is 1. The van der Waals surface area contributed by atoms with Gasteiger partial charge in [0.15, 0.2) is 0 Å². The Bertz CT molecular complexity index is 548. The third kappa shape index (κ3) is 4.23. The Morgan fingerprint density at radius 2 is 2.05 bits per heavy atom. The number of hydrogen-bond acceptors (Lipinski definition) is 3. The van der Waals surface area contributed by atoms with E-state index < -0.39 is 35.5 Å². The number of primary amides is 1. The SMILES string of the molecule is CC(CC(N)=O)NC(=O)Nc1c(F)cccc1C(=O)O. The van der Waals surface area contributed by atoms with Crippen LogP contribution in [-0.2, 0) is 4.79 Å².